The van der Waals surface area contributed by atoms with Crippen molar-refractivity contribution >= 4 is 5.97 Å². The summed E-state index contributed by atoms with van der Waals surface area (Å²) >= 11 is 0. The van der Waals surface area contributed by atoms with Crippen LogP contribution < -0.4 is 0 Å². The zero-order valence-electron chi connectivity index (χ0n) is 12.0. The molecule has 0 amide bonds. The summed E-state index contributed by atoms with van der Waals surface area (Å²) in [6.45, 7) is 5.40. The summed E-state index contributed by atoms with van der Waals surface area (Å²) in [4.78, 5) is 13.5. The Morgan fingerprint density at radius 2 is 2.20 bits per heavy atom. The first kappa shape index (κ1) is 15.0. The number of carbonyl (C=O) groups is 1. The van der Waals surface area contributed by atoms with Gasteiger partial charge in [-0.15, -0.1) is 0 Å². The predicted octanol–water partition coefficient (Wildman–Crippen LogP) is 2.78. The lowest BCUT2D eigenvalue weighted by molar-refractivity contribution is -0.00627. The van der Waals surface area contributed by atoms with Crippen LogP contribution in [-0.2, 0) is 11.3 Å². The van der Waals surface area contributed by atoms with Crippen LogP contribution in [0.2, 0.25) is 0 Å². The minimum absolute atomic E-state index is 0.292. The summed E-state index contributed by atoms with van der Waals surface area (Å²) in [5.41, 5.74) is 1.27. The van der Waals surface area contributed by atoms with Crippen LogP contribution in [0.25, 0.3) is 0 Å². The number of rotatable bonds is 6. The van der Waals surface area contributed by atoms with E-state index in [1.54, 1.807) is 12.1 Å². The van der Waals surface area contributed by atoms with E-state index in [2.05, 4.69) is 11.8 Å². The number of ether oxygens (including phenoxy) is 1. The third kappa shape index (κ3) is 4.05. The van der Waals surface area contributed by atoms with Crippen LogP contribution in [0.3, 0.4) is 0 Å². The molecule has 0 aromatic heterocycles. The second-order valence-corrected chi connectivity index (χ2v) is 5.28. The van der Waals surface area contributed by atoms with Gasteiger partial charge in [-0.05, 0) is 37.4 Å². The highest BCUT2D eigenvalue weighted by molar-refractivity contribution is 5.89. The molecule has 1 saturated heterocycles. The van der Waals surface area contributed by atoms with E-state index in [0.29, 0.717) is 18.2 Å². The van der Waals surface area contributed by atoms with Gasteiger partial charge in [0.25, 0.3) is 0 Å². The van der Waals surface area contributed by atoms with E-state index < -0.39 is 5.97 Å². The summed E-state index contributed by atoms with van der Waals surface area (Å²) in [6.07, 6.45) is 3.79. The molecule has 4 heteroatoms. The number of hydrogen-bond donors (Lipinski definition) is 1. The Labute approximate surface area is 120 Å². The Bertz CT molecular complexity index is 441. The summed E-state index contributed by atoms with van der Waals surface area (Å²) in [6, 6.07) is 7.23. The van der Waals surface area contributed by atoms with Crippen molar-refractivity contribution in [3.63, 3.8) is 0 Å². The molecule has 1 aliphatic heterocycles. The number of aromatic carboxylic acids is 1. The highest BCUT2D eigenvalue weighted by Gasteiger charge is 2.18. The van der Waals surface area contributed by atoms with Crippen molar-refractivity contribution in [1.29, 1.82) is 0 Å². The fourth-order valence-electron chi connectivity index (χ4n) is 2.65. The molecule has 1 aromatic carbocycles. The SMILES string of the molecule is CCN(Cc1ccccc1C(=O)O)C[C@H]1CCCCO1. The minimum Gasteiger partial charge on any atom is -0.478 e. The van der Waals surface area contributed by atoms with E-state index in [9.17, 15) is 9.90 Å². The van der Waals surface area contributed by atoms with Gasteiger partial charge in [0.05, 0.1) is 11.7 Å². The molecule has 1 aliphatic rings. The van der Waals surface area contributed by atoms with Gasteiger partial charge in [0.2, 0.25) is 0 Å². The Morgan fingerprint density at radius 3 is 2.85 bits per heavy atom. The zero-order valence-corrected chi connectivity index (χ0v) is 12.0. The number of nitrogens with zero attached hydrogens (tertiary/aromatic N) is 1. The molecule has 0 spiro atoms. The van der Waals surface area contributed by atoms with Crippen LogP contribution in [0.1, 0.15) is 42.1 Å². The molecule has 1 atom stereocenters. The van der Waals surface area contributed by atoms with Crippen LogP contribution in [0.4, 0.5) is 0 Å². The molecular formula is C16H23NO3. The van der Waals surface area contributed by atoms with E-state index in [0.717, 1.165) is 38.1 Å². The van der Waals surface area contributed by atoms with Gasteiger partial charge < -0.3 is 9.84 Å². The van der Waals surface area contributed by atoms with Crippen LogP contribution in [-0.4, -0.2) is 41.8 Å². The van der Waals surface area contributed by atoms with Gasteiger partial charge in [0.15, 0.2) is 0 Å². The lowest BCUT2D eigenvalue weighted by atomic mass is 10.1. The largest absolute Gasteiger partial charge is 0.478 e. The minimum atomic E-state index is -0.856. The van der Waals surface area contributed by atoms with E-state index in [-0.39, 0.29) is 0 Å². The van der Waals surface area contributed by atoms with Crippen molar-refractivity contribution in [1.82, 2.24) is 4.90 Å². The maximum absolute atomic E-state index is 11.2. The fraction of sp³-hybridized carbons (Fsp3) is 0.562. The van der Waals surface area contributed by atoms with Gasteiger partial charge in [0.1, 0.15) is 0 Å². The lowest BCUT2D eigenvalue weighted by Crippen LogP contribution is -2.35. The number of benzene rings is 1. The van der Waals surface area contributed by atoms with Crippen LogP contribution >= 0.6 is 0 Å². The molecule has 0 saturated carbocycles. The van der Waals surface area contributed by atoms with Crippen molar-refractivity contribution in [3.8, 4) is 0 Å². The van der Waals surface area contributed by atoms with Crippen LogP contribution in [0.5, 0.6) is 0 Å². The van der Waals surface area contributed by atoms with Crippen molar-refractivity contribution in [3.05, 3.63) is 35.4 Å². The van der Waals surface area contributed by atoms with E-state index in [1.165, 1.54) is 6.42 Å². The smallest absolute Gasteiger partial charge is 0.336 e. The molecule has 2 rings (SSSR count). The summed E-state index contributed by atoms with van der Waals surface area (Å²) in [5, 5.41) is 9.23. The van der Waals surface area contributed by atoms with Gasteiger partial charge >= 0.3 is 5.97 Å². The zero-order chi connectivity index (χ0) is 14.4. The van der Waals surface area contributed by atoms with Gasteiger partial charge in [-0.25, -0.2) is 4.79 Å². The topological polar surface area (TPSA) is 49.8 Å². The monoisotopic (exact) mass is 277 g/mol. The van der Waals surface area contributed by atoms with Crippen molar-refractivity contribution in [2.75, 3.05) is 19.7 Å². The molecule has 1 fully saturated rings. The number of likely N-dealkylation sites (N-methyl/N-ethyl adjacent to an activating group) is 1. The Kier molecular flexibility index (Phi) is 5.56. The van der Waals surface area contributed by atoms with E-state index in [4.69, 9.17) is 4.74 Å². The van der Waals surface area contributed by atoms with Crippen molar-refractivity contribution in [2.24, 2.45) is 0 Å². The Hall–Kier alpha value is -1.39. The lowest BCUT2D eigenvalue weighted by Gasteiger charge is -2.29. The van der Waals surface area contributed by atoms with Gasteiger partial charge in [-0.1, -0.05) is 25.1 Å². The van der Waals surface area contributed by atoms with E-state index >= 15 is 0 Å². The average Bonchev–Trinajstić information content (AvgIpc) is 2.48. The van der Waals surface area contributed by atoms with Crippen molar-refractivity contribution in [2.45, 2.75) is 38.8 Å². The quantitative estimate of drug-likeness (QED) is 0.868. The molecule has 1 N–H and O–H groups in total. The second kappa shape index (κ2) is 7.41. The maximum atomic E-state index is 11.2. The summed E-state index contributed by atoms with van der Waals surface area (Å²) in [7, 11) is 0. The number of carboxylic acids is 1. The highest BCUT2D eigenvalue weighted by Crippen LogP contribution is 2.17. The molecule has 1 heterocycles. The van der Waals surface area contributed by atoms with Gasteiger partial charge in [0, 0.05) is 19.7 Å². The van der Waals surface area contributed by atoms with E-state index in [1.807, 2.05) is 12.1 Å². The fourth-order valence-corrected chi connectivity index (χ4v) is 2.65. The third-order valence-corrected chi connectivity index (χ3v) is 3.82. The summed E-state index contributed by atoms with van der Waals surface area (Å²) in [5.74, 6) is -0.856. The Morgan fingerprint density at radius 1 is 1.40 bits per heavy atom. The first-order valence-corrected chi connectivity index (χ1v) is 7.36. The normalized spacial score (nSPS) is 19.2. The molecule has 0 aliphatic carbocycles. The van der Waals surface area contributed by atoms with Gasteiger partial charge in [-0.3, -0.25) is 4.90 Å². The molecule has 0 radical (unpaired) electrons. The molecule has 0 unspecified atom stereocenters. The number of carboxylic acid groups (broad SMARTS) is 1. The highest BCUT2D eigenvalue weighted by atomic mass is 16.5. The first-order chi connectivity index (χ1) is 9.70. The molecule has 0 bridgehead atoms. The molecular weight excluding hydrogens is 254 g/mol. The van der Waals surface area contributed by atoms with Crippen LogP contribution in [0, 0.1) is 0 Å². The predicted molar refractivity (Wildman–Crippen MR) is 77.9 cm³/mol. The Balaban J connectivity index is 2.00. The second-order valence-electron chi connectivity index (χ2n) is 5.28. The average molecular weight is 277 g/mol. The van der Waals surface area contributed by atoms with Crippen molar-refractivity contribution < 1.29 is 14.6 Å². The molecule has 4 nitrogen and oxygen atoms in total. The van der Waals surface area contributed by atoms with Crippen LogP contribution in [0.15, 0.2) is 24.3 Å². The number of hydrogen-bond acceptors (Lipinski definition) is 3. The third-order valence-electron chi connectivity index (χ3n) is 3.82. The van der Waals surface area contributed by atoms with Gasteiger partial charge in [-0.2, -0.15) is 0 Å². The standard InChI is InChI=1S/C16H23NO3/c1-2-17(12-14-8-5-6-10-20-14)11-13-7-3-4-9-15(13)16(18)19/h3-4,7,9,14H,2,5-6,8,10-12H2,1H3,(H,18,19)/t14-/m1/s1. The molecule has 20 heavy (non-hydrogen) atoms. The molecule has 1 aromatic rings. The maximum Gasteiger partial charge on any atom is 0.336 e. The molecule has 110 valence electrons. The first-order valence-electron chi connectivity index (χ1n) is 7.36. The summed E-state index contributed by atoms with van der Waals surface area (Å²) < 4.78 is 5.77.